The minimum absolute atomic E-state index is 0.0861. The molecule has 2 aliphatic heterocycles. The van der Waals surface area contributed by atoms with Crippen LogP contribution in [0.15, 0.2) is 21.9 Å². The second kappa shape index (κ2) is 6.62. The summed E-state index contributed by atoms with van der Waals surface area (Å²) in [6.45, 7) is 7.12. The topological polar surface area (TPSA) is 80.9 Å². The highest BCUT2D eigenvalue weighted by Crippen LogP contribution is 2.36. The molecule has 0 saturated heterocycles. The highest BCUT2D eigenvalue weighted by molar-refractivity contribution is 6.01. The maximum atomic E-state index is 14.5. The first-order valence-electron chi connectivity index (χ1n) is 9.76. The number of cyclic esters (lactones) is 1. The first-order valence-corrected chi connectivity index (χ1v) is 9.76. The standard InChI is InChI=1S/C22H23FN2O4/c1-5-17-19-7-15-14(10-29-21(27)22(15,28)6-2)20(26)25(19)9-13-11(3)16(23)8-18(24-17)12(13)4/h7-8,28H,5-6,9-10H2,1-4H3/t22-/m0/s1. The Morgan fingerprint density at radius 2 is 1.93 bits per heavy atom. The molecular formula is C22H23FN2O4. The fourth-order valence-electron chi connectivity index (χ4n) is 4.19. The molecule has 0 spiro atoms. The average Bonchev–Trinajstić information content (AvgIpc) is 2.70. The quantitative estimate of drug-likeness (QED) is 0.788. The third-order valence-electron chi connectivity index (χ3n) is 6.16. The number of ether oxygens (including phenoxy) is 1. The van der Waals surface area contributed by atoms with Gasteiger partial charge in [-0.1, -0.05) is 13.8 Å². The summed E-state index contributed by atoms with van der Waals surface area (Å²) in [7, 11) is 0. The van der Waals surface area contributed by atoms with Crippen molar-refractivity contribution < 1.29 is 19.0 Å². The SMILES string of the molecule is CCC1=Nc2cc(F)c(C)c(c2C)Cn2c1cc1c(c2=O)COC(=O)[C@]1(O)CC. The van der Waals surface area contributed by atoms with E-state index in [0.29, 0.717) is 34.6 Å². The Labute approximate surface area is 167 Å². The number of hydrogen-bond donors (Lipinski definition) is 1. The van der Waals surface area contributed by atoms with Gasteiger partial charge in [0.05, 0.1) is 29.2 Å². The van der Waals surface area contributed by atoms with E-state index in [1.807, 2.05) is 13.8 Å². The zero-order chi connectivity index (χ0) is 21.1. The van der Waals surface area contributed by atoms with Gasteiger partial charge in [-0.25, -0.2) is 9.18 Å². The van der Waals surface area contributed by atoms with E-state index in [9.17, 15) is 19.1 Å². The van der Waals surface area contributed by atoms with Crippen LogP contribution in [0.4, 0.5) is 10.1 Å². The van der Waals surface area contributed by atoms with Crippen LogP contribution < -0.4 is 5.56 Å². The summed E-state index contributed by atoms with van der Waals surface area (Å²) in [5.74, 6) is -1.11. The number of fused-ring (bicyclic) bond motifs is 4. The summed E-state index contributed by atoms with van der Waals surface area (Å²) >= 11 is 0. The highest BCUT2D eigenvalue weighted by atomic mass is 19.1. The minimum Gasteiger partial charge on any atom is -0.458 e. The minimum atomic E-state index is -1.87. The monoisotopic (exact) mass is 398 g/mol. The summed E-state index contributed by atoms with van der Waals surface area (Å²) in [4.78, 5) is 30.3. The van der Waals surface area contributed by atoms with E-state index in [-0.39, 0.29) is 42.1 Å². The lowest BCUT2D eigenvalue weighted by molar-refractivity contribution is -0.172. The number of rotatable bonds is 2. The fourth-order valence-corrected chi connectivity index (χ4v) is 4.19. The predicted octanol–water partition coefficient (Wildman–Crippen LogP) is 3.15. The molecule has 29 heavy (non-hydrogen) atoms. The van der Waals surface area contributed by atoms with Crippen LogP contribution in [-0.4, -0.2) is 21.4 Å². The summed E-state index contributed by atoms with van der Waals surface area (Å²) in [5.41, 5.74) is 1.98. The molecule has 0 amide bonds. The molecule has 0 fully saturated rings. The van der Waals surface area contributed by atoms with E-state index in [1.54, 1.807) is 24.5 Å². The van der Waals surface area contributed by atoms with Crippen molar-refractivity contribution in [2.45, 2.75) is 59.3 Å². The number of aromatic nitrogens is 1. The molecule has 4 rings (SSSR count). The van der Waals surface area contributed by atoms with Gasteiger partial charge in [-0.3, -0.25) is 9.79 Å². The fraction of sp³-hybridized carbons (Fsp3) is 0.409. The lowest BCUT2D eigenvalue weighted by atomic mass is 9.85. The molecule has 1 N–H and O–H groups in total. The first kappa shape index (κ1) is 19.5. The van der Waals surface area contributed by atoms with Crippen molar-refractivity contribution in [2.24, 2.45) is 4.99 Å². The molecule has 0 radical (unpaired) electrons. The van der Waals surface area contributed by atoms with Gasteiger partial charge >= 0.3 is 5.97 Å². The van der Waals surface area contributed by atoms with Crippen LogP contribution in [0, 0.1) is 19.7 Å². The van der Waals surface area contributed by atoms with Crippen LogP contribution >= 0.6 is 0 Å². The smallest absolute Gasteiger partial charge is 0.343 e. The number of hydrogen-bond acceptors (Lipinski definition) is 5. The van der Waals surface area contributed by atoms with Gasteiger partial charge in [0.15, 0.2) is 5.60 Å². The summed E-state index contributed by atoms with van der Waals surface area (Å²) in [5, 5.41) is 11.0. The summed E-state index contributed by atoms with van der Waals surface area (Å²) in [6.07, 6.45) is 0.584. The highest BCUT2D eigenvalue weighted by Gasteiger charge is 2.45. The maximum Gasteiger partial charge on any atom is 0.343 e. The number of carbonyl (C=O) groups is 1. The number of benzene rings is 1. The van der Waals surface area contributed by atoms with Crippen LogP contribution in [0.3, 0.4) is 0 Å². The molecule has 3 heterocycles. The van der Waals surface area contributed by atoms with E-state index in [4.69, 9.17) is 4.74 Å². The Morgan fingerprint density at radius 1 is 1.21 bits per heavy atom. The third-order valence-corrected chi connectivity index (χ3v) is 6.16. The third kappa shape index (κ3) is 2.68. The molecule has 1 aromatic heterocycles. The van der Waals surface area contributed by atoms with Crippen molar-refractivity contribution in [1.82, 2.24) is 4.57 Å². The molecule has 2 aromatic rings. The van der Waals surface area contributed by atoms with E-state index < -0.39 is 11.6 Å². The molecule has 0 aliphatic carbocycles. The lowest BCUT2D eigenvalue weighted by Gasteiger charge is -2.33. The molecule has 6 nitrogen and oxygen atoms in total. The van der Waals surface area contributed by atoms with Crippen molar-refractivity contribution in [3.63, 3.8) is 0 Å². The Morgan fingerprint density at radius 3 is 2.59 bits per heavy atom. The van der Waals surface area contributed by atoms with Crippen LogP contribution in [0.25, 0.3) is 0 Å². The number of esters is 1. The number of aliphatic hydroxyl groups is 1. The van der Waals surface area contributed by atoms with Gasteiger partial charge in [0, 0.05) is 11.6 Å². The van der Waals surface area contributed by atoms with Crippen LogP contribution in [0.1, 0.15) is 60.2 Å². The van der Waals surface area contributed by atoms with Gasteiger partial charge in [-0.2, -0.15) is 0 Å². The van der Waals surface area contributed by atoms with E-state index in [0.717, 1.165) is 5.56 Å². The number of carbonyl (C=O) groups excluding carboxylic acids is 1. The van der Waals surface area contributed by atoms with E-state index in [2.05, 4.69) is 4.99 Å². The largest absolute Gasteiger partial charge is 0.458 e. The van der Waals surface area contributed by atoms with Crippen molar-refractivity contribution >= 4 is 17.4 Å². The zero-order valence-corrected chi connectivity index (χ0v) is 16.9. The van der Waals surface area contributed by atoms with Gasteiger partial charge in [-0.15, -0.1) is 0 Å². The summed E-state index contributed by atoms with van der Waals surface area (Å²) in [6, 6.07) is 3.09. The van der Waals surface area contributed by atoms with E-state index >= 15 is 0 Å². The molecule has 1 atom stereocenters. The van der Waals surface area contributed by atoms with Crippen LogP contribution in [0.2, 0.25) is 0 Å². The normalized spacial score (nSPS) is 20.2. The van der Waals surface area contributed by atoms with Crippen LogP contribution in [-0.2, 0) is 28.3 Å². The van der Waals surface area contributed by atoms with E-state index in [1.165, 1.54) is 6.07 Å². The molecule has 152 valence electrons. The number of aliphatic imine (C=N–C) groups is 1. The zero-order valence-electron chi connectivity index (χ0n) is 16.9. The lowest BCUT2D eigenvalue weighted by Crippen LogP contribution is -2.45. The molecule has 1 aromatic carbocycles. The van der Waals surface area contributed by atoms with Crippen molar-refractivity contribution in [2.75, 3.05) is 0 Å². The van der Waals surface area contributed by atoms with Crippen molar-refractivity contribution in [1.29, 1.82) is 0 Å². The molecule has 7 heteroatoms. The first-order chi connectivity index (χ1) is 13.7. The van der Waals surface area contributed by atoms with Crippen molar-refractivity contribution in [3.05, 3.63) is 61.8 Å². The van der Waals surface area contributed by atoms with Gasteiger partial charge < -0.3 is 14.4 Å². The predicted molar refractivity (Wildman–Crippen MR) is 106 cm³/mol. The second-order valence-electron chi connectivity index (χ2n) is 7.62. The number of halogens is 1. The molecular weight excluding hydrogens is 375 g/mol. The molecule has 2 bridgehead atoms. The average molecular weight is 398 g/mol. The molecule has 0 saturated carbocycles. The number of pyridine rings is 1. The second-order valence-corrected chi connectivity index (χ2v) is 7.62. The van der Waals surface area contributed by atoms with Crippen LogP contribution in [0.5, 0.6) is 0 Å². The van der Waals surface area contributed by atoms with Gasteiger partial charge in [0.1, 0.15) is 12.4 Å². The van der Waals surface area contributed by atoms with Gasteiger partial charge in [-0.05, 0) is 49.4 Å². The Kier molecular flexibility index (Phi) is 4.46. The molecule has 2 aliphatic rings. The van der Waals surface area contributed by atoms with Gasteiger partial charge in [0.25, 0.3) is 5.56 Å². The Bertz CT molecular complexity index is 1150. The summed E-state index contributed by atoms with van der Waals surface area (Å²) < 4.78 is 21.1. The Hall–Kier alpha value is -2.80. The Balaban J connectivity index is 2.09. The maximum absolute atomic E-state index is 14.5. The number of nitrogens with zero attached hydrogens (tertiary/aromatic N) is 2. The molecule has 0 unspecified atom stereocenters. The van der Waals surface area contributed by atoms with Gasteiger partial charge in [0.2, 0.25) is 0 Å². The van der Waals surface area contributed by atoms with Crippen molar-refractivity contribution in [3.8, 4) is 0 Å².